The molecule has 1 aliphatic rings. The van der Waals surface area contributed by atoms with Gasteiger partial charge in [-0.2, -0.15) is 0 Å². The number of urea groups is 1. The summed E-state index contributed by atoms with van der Waals surface area (Å²) in [5.74, 6) is 0.899. The molecule has 182 valence electrons. The highest BCUT2D eigenvalue weighted by Gasteiger charge is 2.35. The van der Waals surface area contributed by atoms with E-state index >= 15 is 0 Å². The first kappa shape index (κ1) is 25.2. The van der Waals surface area contributed by atoms with Gasteiger partial charge in [-0.3, -0.25) is 0 Å². The molecule has 2 amide bonds. The number of carbonyl (C=O) groups is 2. The van der Waals surface area contributed by atoms with Crippen molar-refractivity contribution >= 4 is 29.3 Å². The zero-order valence-corrected chi connectivity index (χ0v) is 20.6. The molecule has 9 heteroatoms. The molecule has 0 bridgehead atoms. The number of methoxy groups -OCH3 is 1. The maximum absolute atomic E-state index is 13.1. The van der Waals surface area contributed by atoms with Gasteiger partial charge in [0.1, 0.15) is 5.75 Å². The highest BCUT2D eigenvalue weighted by Crippen LogP contribution is 2.41. The number of ether oxygens (including phenoxy) is 4. The smallest absolute Gasteiger partial charge is 0.338 e. The lowest BCUT2D eigenvalue weighted by molar-refractivity contribution is -0.138. The fourth-order valence-electron chi connectivity index (χ4n) is 3.60. The molecular weight excluding hydrogens is 460 g/mol. The van der Waals surface area contributed by atoms with Crippen LogP contribution in [0.15, 0.2) is 42.0 Å². The van der Waals surface area contributed by atoms with Gasteiger partial charge in [-0.25, -0.2) is 9.59 Å². The number of hydrogen-bond donors (Lipinski definition) is 2. The topological polar surface area (TPSA) is 95.1 Å². The zero-order chi connectivity index (χ0) is 24.8. The maximum atomic E-state index is 13.1. The van der Waals surface area contributed by atoms with E-state index in [1.807, 2.05) is 20.8 Å². The number of carbonyl (C=O) groups excluding carboxylic acids is 2. The molecule has 0 fully saturated rings. The lowest BCUT2D eigenvalue weighted by atomic mass is 9.92. The van der Waals surface area contributed by atoms with Gasteiger partial charge in [0.15, 0.2) is 11.5 Å². The standard InChI is InChI=1S/C25H29ClN2O6/c1-6-32-19-13-16(12-18(26)23(19)34-14(3)4)22-20(24(29)33-7-2)21(27-25(30)28-22)15-8-10-17(31-5)11-9-15/h8-14,22H,6-7H2,1-5H3,(H2,27,28,30). The molecule has 3 rings (SSSR count). The van der Waals surface area contributed by atoms with E-state index in [2.05, 4.69) is 10.6 Å². The van der Waals surface area contributed by atoms with E-state index in [9.17, 15) is 9.59 Å². The first-order chi connectivity index (χ1) is 16.3. The molecule has 1 aliphatic heterocycles. The van der Waals surface area contributed by atoms with Gasteiger partial charge in [0.2, 0.25) is 0 Å². The maximum Gasteiger partial charge on any atom is 0.338 e. The van der Waals surface area contributed by atoms with Gasteiger partial charge in [-0.1, -0.05) is 11.6 Å². The molecule has 8 nitrogen and oxygen atoms in total. The number of nitrogens with one attached hydrogen (secondary N) is 2. The molecule has 0 radical (unpaired) electrons. The largest absolute Gasteiger partial charge is 0.497 e. The molecule has 1 unspecified atom stereocenters. The van der Waals surface area contributed by atoms with Crippen molar-refractivity contribution < 1.29 is 28.5 Å². The highest BCUT2D eigenvalue weighted by molar-refractivity contribution is 6.32. The minimum atomic E-state index is -0.838. The van der Waals surface area contributed by atoms with Crippen LogP contribution in [0.1, 0.15) is 44.9 Å². The first-order valence-corrected chi connectivity index (χ1v) is 11.4. The molecule has 34 heavy (non-hydrogen) atoms. The van der Waals surface area contributed by atoms with E-state index < -0.39 is 18.0 Å². The predicted octanol–water partition coefficient (Wildman–Crippen LogP) is 4.86. The summed E-state index contributed by atoms with van der Waals surface area (Å²) in [6.45, 7) is 7.89. The number of hydrogen-bond acceptors (Lipinski definition) is 6. The van der Waals surface area contributed by atoms with Crippen LogP contribution in [0.3, 0.4) is 0 Å². The molecule has 0 aromatic heterocycles. The molecule has 0 aliphatic carbocycles. The molecule has 0 saturated carbocycles. The molecule has 1 heterocycles. The number of amides is 2. The van der Waals surface area contributed by atoms with Crippen LogP contribution in [0.25, 0.3) is 5.70 Å². The Kier molecular flexibility index (Phi) is 8.28. The van der Waals surface area contributed by atoms with Crippen LogP contribution in [0.4, 0.5) is 4.79 Å². The van der Waals surface area contributed by atoms with Crippen molar-refractivity contribution in [2.24, 2.45) is 0 Å². The normalized spacial score (nSPS) is 15.5. The van der Waals surface area contributed by atoms with E-state index in [4.69, 9.17) is 30.5 Å². The fourth-order valence-corrected chi connectivity index (χ4v) is 3.86. The van der Waals surface area contributed by atoms with Crippen LogP contribution in [0.2, 0.25) is 5.02 Å². The summed E-state index contributed by atoms with van der Waals surface area (Å²) < 4.78 is 22.2. The number of esters is 1. The van der Waals surface area contributed by atoms with Gasteiger partial charge in [0.25, 0.3) is 0 Å². The monoisotopic (exact) mass is 488 g/mol. The second-order valence-electron chi connectivity index (χ2n) is 7.70. The van der Waals surface area contributed by atoms with Crippen molar-refractivity contribution in [3.63, 3.8) is 0 Å². The molecule has 2 N–H and O–H groups in total. The average molecular weight is 489 g/mol. The lowest BCUT2D eigenvalue weighted by Crippen LogP contribution is -2.45. The molecule has 0 saturated heterocycles. The zero-order valence-electron chi connectivity index (χ0n) is 19.9. The van der Waals surface area contributed by atoms with Crippen molar-refractivity contribution in [1.82, 2.24) is 10.6 Å². The lowest BCUT2D eigenvalue weighted by Gasteiger charge is -2.30. The predicted molar refractivity (Wildman–Crippen MR) is 129 cm³/mol. The minimum absolute atomic E-state index is 0.127. The summed E-state index contributed by atoms with van der Waals surface area (Å²) >= 11 is 6.57. The van der Waals surface area contributed by atoms with E-state index in [0.717, 1.165) is 0 Å². The van der Waals surface area contributed by atoms with Gasteiger partial charge in [0.05, 0.1) is 48.8 Å². The van der Waals surface area contributed by atoms with Crippen molar-refractivity contribution in [1.29, 1.82) is 0 Å². The van der Waals surface area contributed by atoms with Gasteiger partial charge < -0.3 is 29.6 Å². The van der Waals surface area contributed by atoms with E-state index in [-0.39, 0.29) is 18.3 Å². The first-order valence-electron chi connectivity index (χ1n) is 11.0. The van der Waals surface area contributed by atoms with Gasteiger partial charge in [-0.05, 0) is 75.2 Å². The second-order valence-corrected chi connectivity index (χ2v) is 8.11. The van der Waals surface area contributed by atoms with Crippen molar-refractivity contribution in [3.8, 4) is 17.2 Å². The Morgan fingerprint density at radius 2 is 1.82 bits per heavy atom. The van der Waals surface area contributed by atoms with Gasteiger partial charge >= 0.3 is 12.0 Å². The SMILES string of the molecule is CCOC(=O)C1=C(c2ccc(OC)cc2)NC(=O)NC1c1cc(Cl)c(OC(C)C)c(OCC)c1. The quantitative estimate of drug-likeness (QED) is 0.489. The van der Waals surface area contributed by atoms with Gasteiger partial charge in [0, 0.05) is 0 Å². The van der Waals surface area contributed by atoms with Crippen LogP contribution in [-0.4, -0.2) is 38.4 Å². The van der Waals surface area contributed by atoms with E-state index in [0.29, 0.717) is 45.7 Å². The number of halogens is 1. The number of benzene rings is 2. The fraction of sp³-hybridized carbons (Fsp3) is 0.360. The third-order valence-electron chi connectivity index (χ3n) is 4.96. The summed E-state index contributed by atoms with van der Waals surface area (Å²) in [6.07, 6.45) is -0.127. The molecular formula is C25H29ClN2O6. The molecule has 2 aromatic carbocycles. The number of rotatable bonds is 9. The van der Waals surface area contributed by atoms with Crippen LogP contribution < -0.4 is 24.8 Å². The second kappa shape index (κ2) is 11.2. The summed E-state index contributed by atoms with van der Waals surface area (Å²) in [7, 11) is 1.56. The third kappa shape index (κ3) is 5.56. The van der Waals surface area contributed by atoms with E-state index in [1.54, 1.807) is 50.4 Å². The molecule has 2 aromatic rings. The van der Waals surface area contributed by atoms with Gasteiger partial charge in [-0.15, -0.1) is 0 Å². The summed E-state index contributed by atoms with van der Waals surface area (Å²) in [5, 5.41) is 5.87. The Bertz CT molecular complexity index is 1080. The highest BCUT2D eigenvalue weighted by atomic mass is 35.5. The Balaban J connectivity index is 2.19. The van der Waals surface area contributed by atoms with Crippen LogP contribution in [0.5, 0.6) is 17.2 Å². The Morgan fingerprint density at radius 3 is 2.41 bits per heavy atom. The minimum Gasteiger partial charge on any atom is -0.497 e. The van der Waals surface area contributed by atoms with Crippen molar-refractivity contribution in [2.45, 2.75) is 39.8 Å². The van der Waals surface area contributed by atoms with Crippen molar-refractivity contribution in [2.75, 3.05) is 20.3 Å². The van der Waals surface area contributed by atoms with Crippen molar-refractivity contribution in [3.05, 3.63) is 58.1 Å². The average Bonchev–Trinajstić information content (AvgIpc) is 2.80. The molecule has 0 spiro atoms. The van der Waals surface area contributed by atoms with Crippen LogP contribution in [0, 0.1) is 0 Å². The molecule has 1 atom stereocenters. The van der Waals surface area contributed by atoms with Crippen LogP contribution in [-0.2, 0) is 9.53 Å². The summed E-state index contributed by atoms with van der Waals surface area (Å²) in [6, 6.07) is 9.07. The Hall–Kier alpha value is -3.39. The van der Waals surface area contributed by atoms with E-state index in [1.165, 1.54) is 0 Å². The van der Waals surface area contributed by atoms with Crippen LogP contribution >= 0.6 is 11.6 Å². The third-order valence-corrected chi connectivity index (χ3v) is 5.25. The Morgan fingerprint density at radius 1 is 1.12 bits per heavy atom. The summed E-state index contributed by atoms with van der Waals surface area (Å²) in [5.41, 5.74) is 1.75. The Labute approximate surface area is 204 Å². The summed E-state index contributed by atoms with van der Waals surface area (Å²) in [4.78, 5) is 25.8.